The highest BCUT2D eigenvalue weighted by atomic mass is 28.4. The number of hydrogen-bond donors (Lipinski definition) is 0. The molecule has 1 aliphatic heterocycles. The van der Waals surface area contributed by atoms with Gasteiger partial charge in [0.2, 0.25) is 0 Å². The molecule has 0 saturated carbocycles. The zero-order valence-corrected chi connectivity index (χ0v) is 9.27. The van der Waals surface area contributed by atoms with Gasteiger partial charge in [0.05, 0.1) is 0 Å². The molecule has 0 aromatic carbocycles. The van der Waals surface area contributed by atoms with Gasteiger partial charge in [-0.1, -0.05) is 32.1 Å². The quantitative estimate of drug-likeness (QED) is 0.620. The van der Waals surface area contributed by atoms with Gasteiger partial charge < -0.3 is 8.85 Å². The molecule has 0 aromatic rings. The Balaban J connectivity index is 2.45. The standard InChI is InChI=1S/C9H20O2Si/c1-10-12(11-2)8-6-4-3-5-7-9-12/h3-9H2,1-2H3. The predicted octanol–water partition coefficient (Wildman–Crippen LogP) is 2.69. The Morgan fingerprint density at radius 2 is 1.17 bits per heavy atom. The van der Waals surface area contributed by atoms with Crippen molar-refractivity contribution in [2.45, 2.75) is 44.2 Å². The molecule has 1 saturated heterocycles. The molecule has 1 aliphatic rings. The summed E-state index contributed by atoms with van der Waals surface area (Å²) >= 11 is 0. The fourth-order valence-electron chi connectivity index (χ4n) is 1.94. The summed E-state index contributed by atoms with van der Waals surface area (Å²) in [6.07, 6.45) is 6.72. The first-order valence-corrected chi connectivity index (χ1v) is 7.16. The van der Waals surface area contributed by atoms with Crippen molar-refractivity contribution >= 4 is 8.56 Å². The lowest BCUT2D eigenvalue weighted by Crippen LogP contribution is -2.40. The van der Waals surface area contributed by atoms with Crippen LogP contribution < -0.4 is 0 Å². The van der Waals surface area contributed by atoms with E-state index in [0.717, 1.165) is 0 Å². The molecule has 1 rings (SSSR count). The lowest BCUT2D eigenvalue weighted by molar-refractivity contribution is 0.236. The first kappa shape index (κ1) is 10.2. The maximum Gasteiger partial charge on any atom is 0.337 e. The average molecular weight is 188 g/mol. The molecule has 0 spiro atoms. The summed E-state index contributed by atoms with van der Waals surface area (Å²) in [5.74, 6) is 0. The van der Waals surface area contributed by atoms with E-state index >= 15 is 0 Å². The summed E-state index contributed by atoms with van der Waals surface area (Å²) in [4.78, 5) is 0. The largest absolute Gasteiger partial charge is 0.398 e. The molecular weight excluding hydrogens is 168 g/mol. The monoisotopic (exact) mass is 188 g/mol. The fraction of sp³-hybridized carbons (Fsp3) is 1.00. The Hall–Kier alpha value is 0.137. The maximum absolute atomic E-state index is 5.58. The molecule has 3 heteroatoms. The second-order valence-corrected chi connectivity index (χ2v) is 7.22. The molecule has 0 unspecified atom stereocenters. The highest BCUT2D eigenvalue weighted by Crippen LogP contribution is 2.27. The summed E-state index contributed by atoms with van der Waals surface area (Å²) in [5, 5.41) is 0. The van der Waals surface area contributed by atoms with Crippen molar-refractivity contribution in [3.05, 3.63) is 0 Å². The maximum atomic E-state index is 5.58. The van der Waals surface area contributed by atoms with E-state index in [2.05, 4.69) is 0 Å². The Bertz CT molecular complexity index is 114. The molecule has 0 radical (unpaired) electrons. The van der Waals surface area contributed by atoms with E-state index in [1.165, 1.54) is 44.2 Å². The van der Waals surface area contributed by atoms with Gasteiger partial charge in [-0.25, -0.2) is 0 Å². The van der Waals surface area contributed by atoms with Gasteiger partial charge in [-0.15, -0.1) is 0 Å². The Labute approximate surface area is 76.5 Å². The lowest BCUT2D eigenvalue weighted by atomic mass is 10.2. The van der Waals surface area contributed by atoms with E-state index in [1.54, 1.807) is 0 Å². The van der Waals surface area contributed by atoms with Gasteiger partial charge >= 0.3 is 8.56 Å². The van der Waals surface area contributed by atoms with Gasteiger partial charge in [0, 0.05) is 14.2 Å². The van der Waals surface area contributed by atoms with Crippen LogP contribution in [0.2, 0.25) is 12.1 Å². The van der Waals surface area contributed by atoms with Crippen molar-refractivity contribution in [1.29, 1.82) is 0 Å². The van der Waals surface area contributed by atoms with E-state index in [9.17, 15) is 0 Å². The first-order chi connectivity index (χ1) is 5.83. The molecule has 1 fully saturated rings. The van der Waals surface area contributed by atoms with Crippen LogP contribution in [0.15, 0.2) is 0 Å². The molecule has 0 atom stereocenters. The van der Waals surface area contributed by atoms with Crippen molar-refractivity contribution in [2.75, 3.05) is 14.2 Å². The smallest absolute Gasteiger partial charge is 0.337 e. The Morgan fingerprint density at radius 3 is 1.58 bits per heavy atom. The third-order valence-electron chi connectivity index (χ3n) is 2.86. The van der Waals surface area contributed by atoms with Crippen molar-refractivity contribution in [1.82, 2.24) is 0 Å². The van der Waals surface area contributed by atoms with E-state index < -0.39 is 8.56 Å². The lowest BCUT2D eigenvalue weighted by Gasteiger charge is -2.28. The zero-order valence-electron chi connectivity index (χ0n) is 8.27. The number of hydrogen-bond acceptors (Lipinski definition) is 2. The molecule has 0 N–H and O–H groups in total. The van der Waals surface area contributed by atoms with Gasteiger partial charge in [0.25, 0.3) is 0 Å². The van der Waals surface area contributed by atoms with Crippen LogP contribution in [0.5, 0.6) is 0 Å². The molecule has 0 bridgehead atoms. The minimum atomic E-state index is -1.71. The van der Waals surface area contributed by atoms with Crippen LogP contribution in [0.4, 0.5) is 0 Å². The topological polar surface area (TPSA) is 18.5 Å². The molecular formula is C9H20O2Si. The second-order valence-electron chi connectivity index (χ2n) is 3.59. The summed E-state index contributed by atoms with van der Waals surface area (Å²) < 4.78 is 11.2. The second kappa shape index (κ2) is 4.99. The van der Waals surface area contributed by atoms with Crippen LogP contribution in [-0.2, 0) is 8.85 Å². The molecule has 0 amide bonds. The molecule has 0 aliphatic carbocycles. The van der Waals surface area contributed by atoms with E-state index in [-0.39, 0.29) is 0 Å². The van der Waals surface area contributed by atoms with Crippen molar-refractivity contribution in [3.8, 4) is 0 Å². The van der Waals surface area contributed by atoms with Crippen LogP contribution in [-0.4, -0.2) is 22.8 Å². The zero-order chi connectivity index (χ0) is 8.86. The van der Waals surface area contributed by atoms with Gasteiger partial charge in [0.15, 0.2) is 0 Å². The minimum Gasteiger partial charge on any atom is -0.398 e. The van der Waals surface area contributed by atoms with Crippen LogP contribution >= 0.6 is 0 Å². The van der Waals surface area contributed by atoms with Crippen molar-refractivity contribution in [2.24, 2.45) is 0 Å². The third-order valence-corrected chi connectivity index (χ3v) is 6.58. The predicted molar refractivity (Wildman–Crippen MR) is 52.5 cm³/mol. The molecule has 72 valence electrons. The Morgan fingerprint density at radius 1 is 0.750 bits per heavy atom. The van der Waals surface area contributed by atoms with Crippen LogP contribution in [0, 0.1) is 0 Å². The molecule has 0 aromatic heterocycles. The van der Waals surface area contributed by atoms with Crippen LogP contribution in [0.1, 0.15) is 32.1 Å². The summed E-state index contributed by atoms with van der Waals surface area (Å²) in [6.45, 7) is 0. The van der Waals surface area contributed by atoms with E-state index in [1.807, 2.05) is 14.2 Å². The molecule has 2 nitrogen and oxygen atoms in total. The van der Waals surface area contributed by atoms with E-state index in [0.29, 0.717) is 0 Å². The van der Waals surface area contributed by atoms with Crippen LogP contribution in [0.25, 0.3) is 0 Å². The van der Waals surface area contributed by atoms with Crippen molar-refractivity contribution in [3.63, 3.8) is 0 Å². The van der Waals surface area contributed by atoms with Gasteiger partial charge in [-0.2, -0.15) is 0 Å². The minimum absolute atomic E-state index is 1.19. The summed E-state index contributed by atoms with van der Waals surface area (Å²) in [6, 6.07) is 2.39. The van der Waals surface area contributed by atoms with E-state index in [4.69, 9.17) is 8.85 Å². The highest BCUT2D eigenvalue weighted by Gasteiger charge is 2.34. The van der Waals surface area contributed by atoms with Gasteiger partial charge in [-0.05, 0) is 12.1 Å². The summed E-state index contributed by atoms with van der Waals surface area (Å²) in [5.41, 5.74) is 0. The molecule has 12 heavy (non-hydrogen) atoms. The molecule has 1 heterocycles. The third kappa shape index (κ3) is 2.57. The van der Waals surface area contributed by atoms with Crippen molar-refractivity contribution < 1.29 is 8.85 Å². The highest BCUT2D eigenvalue weighted by molar-refractivity contribution is 6.67. The average Bonchev–Trinajstić information content (AvgIpc) is 2.06. The SMILES string of the molecule is CO[Si]1(OC)CCCCCCC1. The Kier molecular flexibility index (Phi) is 4.25. The summed E-state index contributed by atoms with van der Waals surface area (Å²) in [7, 11) is 1.92. The van der Waals surface area contributed by atoms with Gasteiger partial charge in [-0.3, -0.25) is 0 Å². The number of rotatable bonds is 2. The normalized spacial score (nSPS) is 24.5. The first-order valence-electron chi connectivity index (χ1n) is 4.93. The fourth-order valence-corrected chi connectivity index (χ4v) is 4.75. The van der Waals surface area contributed by atoms with Gasteiger partial charge in [0.1, 0.15) is 0 Å². The van der Waals surface area contributed by atoms with Crippen LogP contribution in [0.3, 0.4) is 0 Å².